The van der Waals surface area contributed by atoms with Crippen molar-refractivity contribution in [3.8, 4) is 5.75 Å². The average molecular weight is 317 g/mol. The predicted molar refractivity (Wildman–Crippen MR) is 88.9 cm³/mol. The molecule has 5 heteroatoms. The summed E-state index contributed by atoms with van der Waals surface area (Å²) in [5, 5.41) is 0.606. The van der Waals surface area contributed by atoms with Crippen LogP contribution in [-0.2, 0) is 6.54 Å². The number of rotatable bonds is 5. The highest BCUT2D eigenvalue weighted by Gasteiger charge is 2.06. The molecular weight excluding hydrogens is 300 g/mol. The highest BCUT2D eigenvalue weighted by atomic mass is 35.5. The number of fused-ring (bicyclic) bond motifs is 1. The Morgan fingerprint density at radius 2 is 2.05 bits per heavy atom. The van der Waals surface area contributed by atoms with Gasteiger partial charge in [-0.3, -0.25) is 4.57 Å². The number of halogens is 1. The topological polar surface area (TPSA) is 47.0 Å². The fraction of sp³-hybridized carbons (Fsp3) is 0.235. The number of para-hydroxylation sites is 2. The summed E-state index contributed by atoms with van der Waals surface area (Å²) < 4.78 is 7.44. The molecule has 0 saturated carbocycles. The van der Waals surface area contributed by atoms with Gasteiger partial charge in [0.1, 0.15) is 5.75 Å². The number of aromatic amines is 1. The zero-order chi connectivity index (χ0) is 15.5. The van der Waals surface area contributed by atoms with Gasteiger partial charge in [0.05, 0.1) is 22.7 Å². The van der Waals surface area contributed by atoms with E-state index < -0.39 is 0 Å². The number of H-pyrrole nitrogens is 1. The second kappa shape index (κ2) is 6.28. The average Bonchev–Trinajstić information content (AvgIpc) is 2.83. The molecule has 1 heterocycles. The zero-order valence-corrected chi connectivity index (χ0v) is 13.1. The molecule has 0 fully saturated rings. The lowest BCUT2D eigenvalue weighted by atomic mass is 10.2. The minimum Gasteiger partial charge on any atom is -0.492 e. The van der Waals surface area contributed by atoms with Crippen LogP contribution in [0.5, 0.6) is 5.75 Å². The van der Waals surface area contributed by atoms with Crippen molar-refractivity contribution in [3.63, 3.8) is 0 Å². The number of aryl methyl sites for hydroxylation is 2. The molecule has 2 aromatic carbocycles. The third-order valence-corrected chi connectivity index (χ3v) is 3.86. The molecule has 1 aromatic heterocycles. The van der Waals surface area contributed by atoms with Gasteiger partial charge in [0.2, 0.25) is 0 Å². The van der Waals surface area contributed by atoms with Gasteiger partial charge in [-0.15, -0.1) is 0 Å². The molecule has 3 rings (SSSR count). The summed E-state index contributed by atoms with van der Waals surface area (Å²) in [6.45, 7) is 3.11. The summed E-state index contributed by atoms with van der Waals surface area (Å²) in [6.07, 6.45) is 0.728. The molecule has 0 bridgehead atoms. The van der Waals surface area contributed by atoms with Crippen LogP contribution >= 0.6 is 11.6 Å². The van der Waals surface area contributed by atoms with E-state index in [0.29, 0.717) is 23.9 Å². The van der Waals surface area contributed by atoms with Crippen molar-refractivity contribution in [2.75, 3.05) is 6.61 Å². The lowest BCUT2D eigenvalue weighted by Crippen LogP contribution is -2.18. The van der Waals surface area contributed by atoms with Crippen LogP contribution in [-0.4, -0.2) is 16.2 Å². The Bertz CT molecular complexity index is 851. The first-order valence-electron chi connectivity index (χ1n) is 7.21. The molecule has 0 unspecified atom stereocenters. The lowest BCUT2D eigenvalue weighted by molar-refractivity contribution is 0.302. The molecule has 4 nitrogen and oxygen atoms in total. The van der Waals surface area contributed by atoms with E-state index in [1.54, 1.807) is 4.57 Å². The molecule has 0 amide bonds. The number of hydrogen-bond donors (Lipinski definition) is 1. The molecule has 22 heavy (non-hydrogen) atoms. The second-order valence-corrected chi connectivity index (χ2v) is 5.64. The highest BCUT2D eigenvalue weighted by molar-refractivity contribution is 6.32. The third kappa shape index (κ3) is 3.02. The first kappa shape index (κ1) is 14.7. The summed E-state index contributed by atoms with van der Waals surface area (Å²) in [6, 6.07) is 13.4. The molecule has 0 aliphatic carbocycles. The Balaban J connectivity index is 1.64. The van der Waals surface area contributed by atoms with E-state index in [1.807, 2.05) is 49.4 Å². The number of hydrogen-bond acceptors (Lipinski definition) is 2. The van der Waals surface area contributed by atoms with Crippen LogP contribution in [0.2, 0.25) is 5.02 Å². The monoisotopic (exact) mass is 316 g/mol. The number of imidazole rings is 1. The SMILES string of the molecule is Cc1ccc(Cl)c(OCCCn2c(=O)[nH]c3ccccc32)c1. The summed E-state index contributed by atoms with van der Waals surface area (Å²) in [5.41, 5.74) is 2.79. The van der Waals surface area contributed by atoms with E-state index in [4.69, 9.17) is 16.3 Å². The Morgan fingerprint density at radius 3 is 2.91 bits per heavy atom. The van der Waals surface area contributed by atoms with Gasteiger partial charge in [-0.1, -0.05) is 29.8 Å². The smallest absolute Gasteiger partial charge is 0.326 e. The van der Waals surface area contributed by atoms with Gasteiger partial charge in [-0.25, -0.2) is 4.79 Å². The van der Waals surface area contributed by atoms with Crippen LogP contribution in [0.15, 0.2) is 47.3 Å². The maximum absolute atomic E-state index is 11.9. The minimum atomic E-state index is -0.0882. The van der Waals surface area contributed by atoms with Crippen molar-refractivity contribution < 1.29 is 4.74 Å². The van der Waals surface area contributed by atoms with Gasteiger partial charge in [0, 0.05) is 6.54 Å². The van der Waals surface area contributed by atoms with Gasteiger partial charge in [-0.05, 0) is 43.2 Å². The van der Waals surface area contributed by atoms with E-state index in [2.05, 4.69) is 4.98 Å². The fourth-order valence-electron chi connectivity index (χ4n) is 2.45. The van der Waals surface area contributed by atoms with E-state index in [1.165, 1.54) is 0 Å². The summed E-state index contributed by atoms with van der Waals surface area (Å²) in [5.74, 6) is 0.688. The van der Waals surface area contributed by atoms with Crippen molar-refractivity contribution in [2.45, 2.75) is 19.9 Å². The summed E-state index contributed by atoms with van der Waals surface area (Å²) in [4.78, 5) is 14.8. The Morgan fingerprint density at radius 1 is 1.23 bits per heavy atom. The van der Waals surface area contributed by atoms with Gasteiger partial charge < -0.3 is 9.72 Å². The first-order valence-corrected chi connectivity index (χ1v) is 7.59. The molecule has 0 spiro atoms. The van der Waals surface area contributed by atoms with E-state index >= 15 is 0 Å². The molecule has 3 aromatic rings. The number of nitrogens with zero attached hydrogens (tertiary/aromatic N) is 1. The van der Waals surface area contributed by atoms with Crippen LogP contribution < -0.4 is 10.4 Å². The van der Waals surface area contributed by atoms with Gasteiger partial charge in [-0.2, -0.15) is 0 Å². The zero-order valence-electron chi connectivity index (χ0n) is 12.3. The number of nitrogens with one attached hydrogen (secondary N) is 1. The number of aromatic nitrogens is 2. The second-order valence-electron chi connectivity index (χ2n) is 5.23. The Kier molecular flexibility index (Phi) is 4.20. The molecule has 0 radical (unpaired) electrons. The number of ether oxygens (including phenoxy) is 1. The van der Waals surface area contributed by atoms with Crippen molar-refractivity contribution in [1.82, 2.24) is 9.55 Å². The van der Waals surface area contributed by atoms with Crippen LogP contribution in [0.25, 0.3) is 11.0 Å². The molecule has 0 atom stereocenters. The van der Waals surface area contributed by atoms with Crippen molar-refractivity contribution in [1.29, 1.82) is 0 Å². The van der Waals surface area contributed by atoms with Gasteiger partial charge in [0.25, 0.3) is 0 Å². The fourth-order valence-corrected chi connectivity index (χ4v) is 2.63. The van der Waals surface area contributed by atoms with E-state index in [9.17, 15) is 4.79 Å². The molecule has 114 valence electrons. The largest absolute Gasteiger partial charge is 0.492 e. The van der Waals surface area contributed by atoms with E-state index in [-0.39, 0.29) is 5.69 Å². The standard InChI is InChI=1S/C17H17ClN2O2/c1-12-7-8-13(18)16(11-12)22-10-4-9-20-15-6-3-2-5-14(15)19-17(20)21/h2-3,5-8,11H,4,9-10H2,1H3,(H,19,21). The molecule has 0 saturated heterocycles. The van der Waals surface area contributed by atoms with Crippen LogP contribution in [0, 0.1) is 6.92 Å². The van der Waals surface area contributed by atoms with E-state index in [0.717, 1.165) is 23.0 Å². The molecule has 1 N–H and O–H groups in total. The number of benzene rings is 2. The first-order chi connectivity index (χ1) is 10.6. The quantitative estimate of drug-likeness (QED) is 0.728. The lowest BCUT2D eigenvalue weighted by Gasteiger charge is -2.09. The van der Waals surface area contributed by atoms with Crippen molar-refractivity contribution in [2.24, 2.45) is 0 Å². The molecule has 0 aliphatic heterocycles. The van der Waals surface area contributed by atoms with Crippen LogP contribution in [0.4, 0.5) is 0 Å². The highest BCUT2D eigenvalue weighted by Crippen LogP contribution is 2.25. The maximum atomic E-state index is 11.9. The summed E-state index contributed by atoms with van der Waals surface area (Å²) >= 11 is 6.09. The minimum absolute atomic E-state index is 0.0882. The van der Waals surface area contributed by atoms with Gasteiger partial charge >= 0.3 is 5.69 Å². The summed E-state index contributed by atoms with van der Waals surface area (Å²) in [7, 11) is 0. The normalized spacial score (nSPS) is 11.0. The Labute approximate surface area is 133 Å². The van der Waals surface area contributed by atoms with Crippen LogP contribution in [0.3, 0.4) is 0 Å². The van der Waals surface area contributed by atoms with Gasteiger partial charge in [0.15, 0.2) is 0 Å². The van der Waals surface area contributed by atoms with Crippen molar-refractivity contribution >= 4 is 22.6 Å². The third-order valence-electron chi connectivity index (χ3n) is 3.55. The maximum Gasteiger partial charge on any atom is 0.326 e. The van der Waals surface area contributed by atoms with Crippen molar-refractivity contribution in [3.05, 3.63) is 63.5 Å². The Hall–Kier alpha value is -2.20. The molecule has 0 aliphatic rings. The van der Waals surface area contributed by atoms with Crippen LogP contribution in [0.1, 0.15) is 12.0 Å². The molecular formula is C17H17ClN2O2. The predicted octanol–water partition coefficient (Wildman–Crippen LogP) is 3.76.